The van der Waals surface area contributed by atoms with Crippen molar-refractivity contribution in [3.05, 3.63) is 63.2 Å². The molecule has 1 aliphatic heterocycles. The van der Waals surface area contributed by atoms with Crippen molar-refractivity contribution >= 4 is 23.0 Å². The van der Waals surface area contributed by atoms with Crippen LogP contribution in [0.5, 0.6) is 5.75 Å². The molecule has 1 N–H and O–H groups in total. The molecule has 0 fully saturated rings. The van der Waals surface area contributed by atoms with Crippen LogP contribution in [-0.4, -0.2) is 23.3 Å². The number of nitro groups is 1. The Kier molecular flexibility index (Phi) is 5.85. The molecule has 1 heterocycles. The van der Waals surface area contributed by atoms with Gasteiger partial charge in [-0.15, -0.1) is 0 Å². The second-order valence-electron chi connectivity index (χ2n) is 6.17. The molecular weight excluding hydrogens is 366 g/mol. The van der Waals surface area contributed by atoms with Gasteiger partial charge in [0.2, 0.25) is 5.91 Å². The van der Waals surface area contributed by atoms with Gasteiger partial charge in [0.15, 0.2) is 6.79 Å². The molecule has 2 aromatic carbocycles. The number of non-ortho nitro benzene ring substituents is 1. The Morgan fingerprint density at radius 1 is 1.29 bits per heavy atom. The van der Waals surface area contributed by atoms with E-state index in [1.165, 1.54) is 19.1 Å². The van der Waals surface area contributed by atoms with E-state index in [1.54, 1.807) is 19.1 Å². The zero-order valence-corrected chi connectivity index (χ0v) is 15.4. The second kappa shape index (κ2) is 8.49. The summed E-state index contributed by atoms with van der Waals surface area (Å²) in [5, 5.41) is 17.9. The minimum atomic E-state index is -0.469. The fourth-order valence-electron chi connectivity index (χ4n) is 2.74. The molecule has 3 rings (SSSR count). The van der Waals surface area contributed by atoms with E-state index in [1.807, 2.05) is 12.1 Å². The van der Waals surface area contributed by atoms with Crippen molar-refractivity contribution in [3.8, 4) is 5.75 Å². The number of carbonyl (C=O) groups is 1. The minimum Gasteiger partial charge on any atom is -0.467 e. The molecule has 28 heavy (non-hydrogen) atoms. The number of nitrogens with zero attached hydrogens (tertiary/aromatic N) is 2. The van der Waals surface area contributed by atoms with Crippen LogP contribution in [0.4, 0.5) is 11.4 Å². The molecular formula is C19H19N3O6. The van der Waals surface area contributed by atoms with E-state index in [2.05, 4.69) is 10.5 Å². The van der Waals surface area contributed by atoms with Crippen LogP contribution in [0.3, 0.4) is 0 Å². The first kappa shape index (κ1) is 19.3. The van der Waals surface area contributed by atoms with Crippen LogP contribution in [-0.2, 0) is 27.6 Å². The summed E-state index contributed by atoms with van der Waals surface area (Å²) >= 11 is 0. The van der Waals surface area contributed by atoms with Crippen molar-refractivity contribution in [2.24, 2.45) is 5.16 Å². The fourth-order valence-corrected chi connectivity index (χ4v) is 2.74. The predicted octanol–water partition coefficient (Wildman–Crippen LogP) is 3.36. The molecule has 0 bridgehead atoms. The van der Waals surface area contributed by atoms with Crippen LogP contribution < -0.4 is 10.1 Å². The fraction of sp³-hybridized carbons (Fsp3) is 0.263. The third kappa shape index (κ3) is 4.63. The molecule has 0 atom stereocenters. The monoisotopic (exact) mass is 385 g/mol. The number of benzene rings is 2. The molecule has 9 nitrogen and oxygen atoms in total. The largest absolute Gasteiger partial charge is 0.467 e. The summed E-state index contributed by atoms with van der Waals surface area (Å²) < 4.78 is 10.6. The molecule has 0 saturated carbocycles. The number of nitro benzene ring substituents is 1. The highest BCUT2D eigenvalue weighted by Crippen LogP contribution is 2.33. The maximum Gasteiger partial charge on any atom is 0.270 e. The Bertz CT molecular complexity index is 924. The van der Waals surface area contributed by atoms with Crippen molar-refractivity contribution in [1.29, 1.82) is 0 Å². The van der Waals surface area contributed by atoms with Crippen molar-refractivity contribution in [3.63, 3.8) is 0 Å². The van der Waals surface area contributed by atoms with Gasteiger partial charge in [-0.25, -0.2) is 0 Å². The zero-order chi connectivity index (χ0) is 20.1. The van der Waals surface area contributed by atoms with Gasteiger partial charge in [-0.2, -0.15) is 0 Å². The van der Waals surface area contributed by atoms with Crippen LogP contribution >= 0.6 is 0 Å². The standard InChI is InChI=1S/C19H19N3O6/c1-12(14-3-5-17(6-4-14)20-13(2)23)21-28-10-16-8-18(22(24)25)7-15-9-26-11-27-19(15)16/h3-8H,9-11H2,1-2H3,(H,20,23). The van der Waals surface area contributed by atoms with Gasteiger partial charge in [-0.1, -0.05) is 17.3 Å². The van der Waals surface area contributed by atoms with Crippen molar-refractivity contribution in [1.82, 2.24) is 0 Å². The number of rotatable bonds is 6. The Morgan fingerprint density at radius 2 is 2.04 bits per heavy atom. The lowest BCUT2D eigenvalue weighted by atomic mass is 10.1. The highest BCUT2D eigenvalue weighted by atomic mass is 16.7. The van der Waals surface area contributed by atoms with Crippen molar-refractivity contribution < 1.29 is 24.0 Å². The highest BCUT2D eigenvalue weighted by molar-refractivity contribution is 5.99. The Morgan fingerprint density at radius 3 is 2.71 bits per heavy atom. The van der Waals surface area contributed by atoms with Gasteiger partial charge < -0.3 is 19.6 Å². The lowest BCUT2D eigenvalue weighted by Gasteiger charge is -2.20. The predicted molar refractivity (Wildman–Crippen MR) is 101 cm³/mol. The summed E-state index contributed by atoms with van der Waals surface area (Å²) in [5.74, 6) is 0.388. The van der Waals surface area contributed by atoms with Crippen LogP contribution in [0.2, 0.25) is 0 Å². The van der Waals surface area contributed by atoms with Crippen LogP contribution in [0.25, 0.3) is 0 Å². The molecule has 1 amide bonds. The molecule has 2 aromatic rings. The molecule has 0 radical (unpaired) electrons. The van der Waals surface area contributed by atoms with Gasteiger partial charge >= 0.3 is 0 Å². The average molecular weight is 385 g/mol. The van der Waals surface area contributed by atoms with Crippen LogP contribution in [0.15, 0.2) is 41.6 Å². The molecule has 0 saturated heterocycles. The summed E-state index contributed by atoms with van der Waals surface area (Å²) in [6.07, 6.45) is 0. The highest BCUT2D eigenvalue weighted by Gasteiger charge is 2.21. The molecule has 0 aromatic heterocycles. The molecule has 0 aliphatic carbocycles. The Hall–Kier alpha value is -3.46. The lowest BCUT2D eigenvalue weighted by Crippen LogP contribution is -2.14. The van der Waals surface area contributed by atoms with Gasteiger partial charge in [-0.05, 0) is 24.6 Å². The number of nitrogens with one attached hydrogen (secondary N) is 1. The topological polar surface area (TPSA) is 112 Å². The number of anilines is 1. The lowest BCUT2D eigenvalue weighted by molar-refractivity contribution is -0.385. The van der Waals surface area contributed by atoms with E-state index in [9.17, 15) is 14.9 Å². The first-order valence-electron chi connectivity index (χ1n) is 8.49. The van der Waals surface area contributed by atoms with Crippen LogP contribution in [0, 0.1) is 10.1 Å². The SMILES string of the molecule is CC(=O)Nc1ccc(C(C)=NOCc2cc([N+](=O)[O-])cc3c2OCOC3)cc1. The molecule has 146 valence electrons. The minimum absolute atomic E-state index is 0.0192. The molecule has 0 unspecified atom stereocenters. The Balaban J connectivity index is 1.72. The summed E-state index contributed by atoms with van der Waals surface area (Å²) in [6, 6.07) is 9.99. The first-order valence-corrected chi connectivity index (χ1v) is 8.49. The normalized spacial score (nSPS) is 13.3. The average Bonchev–Trinajstić information content (AvgIpc) is 2.67. The van der Waals surface area contributed by atoms with E-state index >= 15 is 0 Å². The van der Waals surface area contributed by atoms with Gasteiger partial charge in [0.1, 0.15) is 12.4 Å². The number of fused-ring (bicyclic) bond motifs is 1. The number of amides is 1. The van der Waals surface area contributed by atoms with E-state index < -0.39 is 4.92 Å². The summed E-state index contributed by atoms with van der Waals surface area (Å²) in [5.41, 5.74) is 3.21. The third-order valence-electron chi connectivity index (χ3n) is 4.03. The summed E-state index contributed by atoms with van der Waals surface area (Å²) in [7, 11) is 0. The van der Waals surface area contributed by atoms with Crippen molar-refractivity contribution in [2.45, 2.75) is 27.1 Å². The molecule has 9 heteroatoms. The zero-order valence-electron chi connectivity index (χ0n) is 15.4. The smallest absolute Gasteiger partial charge is 0.270 e. The number of carbonyl (C=O) groups excluding carboxylic acids is 1. The van der Waals surface area contributed by atoms with Gasteiger partial charge in [-0.3, -0.25) is 14.9 Å². The van der Waals surface area contributed by atoms with E-state index in [-0.39, 0.29) is 31.6 Å². The number of hydrogen-bond acceptors (Lipinski definition) is 7. The van der Waals surface area contributed by atoms with Gasteiger partial charge in [0.25, 0.3) is 5.69 Å². The Labute approximate surface area is 161 Å². The number of ether oxygens (including phenoxy) is 2. The maximum absolute atomic E-state index is 11.1. The van der Waals surface area contributed by atoms with Crippen molar-refractivity contribution in [2.75, 3.05) is 12.1 Å². The number of oxime groups is 1. The quantitative estimate of drug-likeness (QED) is 0.463. The summed E-state index contributed by atoms with van der Waals surface area (Å²) in [4.78, 5) is 27.1. The second-order valence-corrected chi connectivity index (χ2v) is 6.17. The molecule has 0 spiro atoms. The van der Waals surface area contributed by atoms with E-state index in [0.29, 0.717) is 28.3 Å². The number of hydrogen-bond donors (Lipinski definition) is 1. The van der Waals surface area contributed by atoms with Gasteiger partial charge in [0.05, 0.1) is 17.2 Å². The van der Waals surface area contributed by atoms with Gasteiger partial charge in [0, 0.05) is 35.9 Å². The maximum atomic E-state index is 11.1. The third-order valence-corrected chi connectivity index (χ3v) is 4.03. The summed E-state index contributed by atoms with van der Waals surface area (Å²) in [6.45, 7) is 3.57. The van der Waals surface area contributed by atoms with E-state index in [0.717, 1.165) is 5.56 Å². The first-order chi connectivity index (χ1) is 13.4. The van der Waals surface area contributed by atoms with Crippen LogP contribution in [0.1, 0.15) is 30.5 Å². The van der Waals surface area contributed by atoms with E-state index in [4.69, 9.17) is 14.3 Å². The molecule has 1 aliphatic rings.